The molecule has 3 aliphatic rings. The fraction of sp³-hybridized carbons (Fsp3) is 0.733. The first-order valence-corrected chi connectivity index (χ1v) is 7.03. The summed E-state index contributed by atoms with van der Waals surface area (Å²) in [5.41, 5.74) is 3.36. The third-order valence-corrected chi connectivity index (χ3v) is 4.52. The van der Waals surface area contributed by atoms with Crippen molar-refractivity contribution < 1.29 is 0 Å². The standard InChI is InChI=1S/C15H23N/c1-2-4-14-10-13-9-12(11-5-3-6-11)7-8-15(13)16-14/h7,9,11,14-16H,2-6,8,10H2,1H3. The number of allylic oxidation sites excluding steroid dienone is 2. The van der Waals surface area contributed by atoms with Gasteiger partial charge in [-0.1, -0.05) is 37.5 Å². The van der Waals surface area contributed by atoms with Gasteiger partial charge in [0.15, 0.2) is 0 Å². The van der Waals surface area contributed by atoms with E-state index in [2.05, 4.69) is 24.4 Å². The van der Waals surface area contributed by atoms with Crippen molar-refractivity contribution in [3.8, 4) is 0 Å². The molecule has 0 aromatic rings. The highest BCUT2D eigenvalue weighted by Crippen LogP contribution is 2.38. The van der Waals surface area contributed by atoms with Gasteiger partial charge in [-0.05, 0) is 43.6 Å². The van der Waals surface area contributed by atoms with Crippen molar-refractivity contribution in [3.05, 3.63) is 23.3 Å². The van der Waals surface area contributed by atoms with Crippen LogP contribution in [0.3, 0.4) is 0 Å². The zero-order valence-electron chi connectivity index (χ0n) is 10.3. The summed E-state index contributed by atoms with van der Waals surface area (Å²) >= 11 is 0. The van der Waals surface area contributed by atoms with Crippen LogP contribution in [0.5, 0.6) is 0 Å². The molecule has 0 bridgehead atoms. The van der Waals surface area contributed by atoms with Crippen LogP contribution in [0, 0.1) is 5.92 Å². The van der Waals surface area contributed by atoms with Gasteiger partial charge in [0.1, 0.15) is 0 Å². The van der Waals surface area contributed by atoms with Crippen LogP contribution >= 0.6 is 0 Å². The average Bonchev–Trinajstić information content (AvgIpc) is 2.57. The summed E-state index contributed by atoms with van der Waals surface area (Å²) in [5.74, 6) is 0.915. The zero-order valence-corrected chi connectivity index (χ0v) is 10.3. The maximum atomic E-state index is 3.78. The Balaban J connectivity index is 1.67. The van der Waals surface area contributed by atoms with Crippen LogP contribution in [-0.4, -0.2) is 12.1 Å². The monoisotopic (exact) mass is 217 g/mol. The smallest absolute Gasteiger partial charge is 0.0320 e. The third-order valence-electron chi connectivity index (χ3n) is 4.52. The lowest BCUT2D eigenvalue weighted by Crippen LogP contribution is -2.30. The number of rotatable bonds is 3. The number of hydrogen-bond acceptors (Lipinski definition) is 1. The van der Waals surface area contributed by atoms with Crippen LogP contribution in [-0.2, 0) is 0 Å². The summed E-state index contributed by atoms with van der Waals surface area (Å²) in [6.45, 7) is 2.29. The molecule has 1 heteroatoms. The van der Waals surface area contributed by atoms with Crippen molar-refractivity contribution in [2.24, 2.45) is 5.92 Å². The number of hydrogen-bond donors (Lipinski definition) is 1. The highest BCUT2D eigenvalue weighted by molar-refractivity contribution is 5.36. The molecular formula is C15H23N. The average molecular weight is 217 g/mol. The molecule has 2 atom stereocenters. The van der Waals surface area contributed by atoms with Crippen molar-refractivity contribution in [1.82, 2.24) is 5.32 Å². The quantitative estimate of drug-likeness (QED) is 0.762. The van der Waals surface area contributed by atoms with Gasteiger partial charge in [-0.2, -0.15) is 0 Å². The Morgan fingerprint density at radius 1 is 1.38 bits per heavy atom. The van der Waals surface area contributed by atoms with Gasteiger partial charge >= 0.3 is 0 Å². The fourth-order valence-corrected chi connectivity index (χ4v) is 3.34. The molecule has 1 saturated carbocycles. The van der Waals surface area contributed by atoms with E-state index in [1.807, 2.05) is 0 Å². The molecule has 88 valence electrons. The molecule has 3 rings (SSSR count). The molecule has 1 N–H and O–H groups in total. The second-order valence-electron chi connectivity index (χ2n) is 5.70. The van der Waals surface area contributed by atoms with E-state index >= 15 is 0 Å². The van der Waals surface area contributed by atoms with Gasteiger partial charge in [0, 0.05) is 12.1 Å². The highest BCUT2D eigenvalue weighted by atomic mass is 15.0. The molecule has 2 unspecified atom stereocenters. The van der Waals surface area contributed by atoms with Gasteiger partial charge in [0.2, 0.25) is 0 Å². The van der Waals surface area contributed by atoms with Gasteiger partial charge in [-0.3, -0.25) is 0 Å². The first-order valence-electron chi connectivity index (χ1n) is 7.03. The van der Waals surface area contributed by atoms with E-state index in [-0.39, 0.29) is 0 Å². The summed E-state index contributed by atoms with van der Waals surface area (Å²) in [7, 11) is 0. The first-order chi connectivity index (χ1) is 7.86. The molecule has 1 aliphatic heterocycles. The Morgan fingerprint density at radius 2 is 2.25 bits per heavy atom. The van der Waals surface area contributed by atoms with E-state index in [0.717, 1.165) is 12.0 Å². The zero-order chi connectivity index (χ0) is 11.0. The third kappa shape index (κ3) is 1.86. The summed E-state index contributed by atoms with van der Waals surface area (Å²) in [5, 5.41) is 3.78. The SMILES string of the molecule is CCCC1CC2=CC(C3CCC3)=CCC2N1. The van der Waals surface area contributed by atoms with Crippen LogP contribution < -0.4 is 5.32 Å². The van der Waals surface area contributed by atoms with Crippen molar-refractivity contribution in [2.75, 3.05) is 0 Å². The summed E-state index contributed by atoms with van der Waals surface area (Å²) in [4.78, 5) is 0. The predicted octanol–water partition coefficient (Wildman–Crippen LogP) is 3.57. The largest absolute Gasteiger partial charge is 0.307 e. The van der Waals surface area contributed by atoms with E-state index in [1.165, 1.54) is 44.9 Å². The Kier molecular flexibility index (Phi) is 2.89. The topological polar surface area (TPSA) is 12.0 Å². The maximum Gasteiger partial charge on any atom is 0.0320 e. The lowest BCUT2D eigenvalue weighted by molar-refractivity contribution is 0.371. The second kappa shape index (κ2) is 4.37. The van der Waals surface area contributed by atoms with E-state index < -0.39 is 0 Å². The molecular weight excluding hydrogens is 194 g/mol. The van der Waals surface area contributed by atoms with Gasteiger partial charge in [-0.25, -0.2) is 0 Å². The maximum absolute atomic E-state index is 3.78. The van der Waals surface area contributed by atoms with E-state index in [1.54, 1.807) is 11.1 Å². The normalized spacial score (nSPS) is 34.1. The van der Waals surface area contributed by atoms with Gasteiger partial charge < -0.3 is 5.32 Å². The van der Waals surface area contributed by atoms with Crippen LogP contribution in [0.4, 0.5) is 0 Å². The minimum Gasteiger partial charge on any atom is -0.307 e. The van der Waals surface area contributed by atoms with E-state index in [9.17, 15) is 0 Å². The molecule has 0 aromatic heterocycles. The Labute approximate surface area is 99.0 Å². The number of nitrogens with one attached hydrogen (secondary N) is 1. The highest BCUT2D eigenvalue weighted by Gasteiger charge is 2.31. The fourth-order valence-electron chi connectivity index (χ4n) is 3.34. The van der Waals surface area contributed by atoms with E-state index in [0.29, 0.717) is 6.04 Å². The summed E-state index contributed by atoms with van der Waals surface area (Å²) < 4.78 is 0. The molecule has 2 fully saturated rings. The summed E-state index contributed by atoms with van der Waals surface area (Å²) in [6, 6.07) is 1.44. The molecule has 1 nitrogen and oxygen atoms in total. The van der Waals surface area contributed by atoms with Crippen LogP contribution in [0.1, 0.15) is 51.9 Å². The predicted molar refractivity (Wildman–Crippen MR) is 68.4 cm³/mol. The molecule has 1 saturated heterocycles. The molecule has 0 radical (unpaired) electrons. The lowest BCUT2D eigenvalue weighted by atomic mass is 9.76. The molecule has 2 aliphatic carbocycles. The Bertz CT molecular complexity index is 322. The second-order valence-corrected chi connectivity index (χ2v) is 5.70. The molecule has 16 heavy (non-hydrogen) atoms. The van der Waals surface area contributed by atoms with Crippen molar-refractivity contribution in [1.29, 1.82) is 0 Å². The number of fused-ring (bicyclic) bond motifs is 1. The summed E-state index contributed by atoms with van der Waals surface area (Å²) in [6.07, 6.45) is 14.6. The molecule has 0 aromatic carbocycles. The van der Waals surface area contributed by atoms with Crippen molar-refractivity contribution in [2.45, 2.75) is 64.0 Å². The molecule has 1 heterocycles. The van der Waals surface area contributed by atoms with Crippen molar-refractivity contribution in [3.63, 3.8) is 0 Å². The molecule has 0 spiro atoms. The van der Waals surface area contributed by atoms with Gasteiger partial charge in [-0.15, -0.1) is 0 Å². The Morgan fingerprint density at radius 3 is 2.94 bits per heavy atom. The minimum absolute atomic E-state index is 0.681. The van der Waals surface area contributed by atoms with E-state index in [4.69, 9.17) is 0 Å². The van der Waals surface area contributed by atoms with Crippen LogP contribution in [0.15, 0.2) is 23.3 Å². The lowest BCUT2D eigenvalue weighted by Gasteiger charge is -2.29. The molecule has 0 amide bonds. The first kappa shape index (κ1) is 10.6. The minimum atomic E-state index is 0.681. The van der Waals surface area contributed by atoms with Crippen LogP contribution in [0.25, 0.3) is 0 Å². The Hall–Kier alpha value is -0.560. The van der Waals surface area contributed by atoms with Gasteiger partial charge in [0.25, 0.3) is 0 Å². The van der Waals surface area contributed by atoms with Crippen molar-refractivity contribution >= 4 is 0 Å². The van der Waals surface area contributed by atoms with Gasteiger partial charge in [0.05, 0.1) is 0 Å². The van der Waals surface area contributed by atoms with Crippen LogP contribution in [0.2, 0.25) is 0 Å².